The highest BCUT2D eigenvalue weighted by molar-refractivity contribution is 7.20. The Morgan fingerprint density at radius 2 is 2.19 bits per heavy atom. The molecule has 1 aliphatic rings. The highest BCUT2D eigenvalue weighted by Gasteiger charge is 2.39. The molecule has 1 atom stereocenters. The van der Waals surface area contributed by atoms with Crippen LogP contribution >= 0.6 is 46.1 Å². The molecule has 0 aromatic carbocycles. The van der Waals surface area contributed by atoms with Crippen molar-refractivity contribution in [2.45, 2.75) is 36.7 Å². The van der Waals surface area contributed by atoms with Crippen LogP contribution in [0.15, 0.2) is 6.07 Å². The van der Waals surface area contributed by atoms with E-state index in [1.807, 2.05) is 6.07 Å². The van der Waals surface area contributed by atoms with E-state index in [0.29, 0.717) is 8.67 Å². The maximum absolute atomic E-state index is 6.38. The van der Waals surface area contributed by atoms with Gasteiger partial charge in [0, 0.05) is 12.7 Å². The summed E-state index contributed by atoms with van der Waals surface area (Å²) < 4.78 is 6.93. The summed E-state index contributed by atoms with van der Waals surface area (Å²) in [6, 6.07) is 1.86. The van der Waals surface area contributed by atoms with Crippen molar-refractivity contribution in [3.8, 4) is 0 Å². The van der Waals surface area contributed by atoms with Crippen molar-refractivity contribution in [2.24, 2.45) is 0 Å². The van der Waals surface area contributed by atoms with E-state index in [1.54, 1.807) is 7.11 Å². The molecule has 0 aliphatic heterocycles. The molecule has 5 heteroatoms. The minimum Gasteiger partial charge on any atom is -0.378 e. The summed E-state index contributed by atoms with van der Waals surface area (Å²) in [5, 5.41) is -0.114. The zero-order chi connectivity index (χ0) is 11.8. The molecule has 1 heterocycles. The molecule has 1 unspecified atom stereocenters. The Bertz CT molecular complexity index is 368. The van der Waals surface area contributed by atoms with E-state index in [4.69, 9.17) is 39.5 Å². The first-order chi connectivity index (χ1) is 7.56. The lowest BCUT2D eigenvalue weighted by Gasteiger charge is -2.41. The minimum absolute atomic E-state index is 0.0375. The second kappa shape index (κ2) is 5.03. The van der Waals surface area contributed by atoms with Crippen LogP contribution in [0.5, 0.6) is 0 Å². The van der Waals surface area contributed by atoms with Crippen LogP contribution in [0, 0.1) is 0 Å². The monoisotopic (exact) mass is 298 g/mol. The predicted molar refractivity (Wildman–Crippen MR) is 71.1 cm³/mol. The topological polar surface area (TPSA) is 9.23 Å². The molecular weight excluding hydrogens is 287 g/mol. The van der Waals surface area contributed by atoms with E-state index in [0.717, 1.165) is 24.8 Å². The molecule has 0 spiro atoms. The predicted octanol–water partition coefficient (Wildman–Crippen LogP) is 5.29. The molecule has 1 aliphatic carbocycles. The third kappa shape index (κ3) is 2.51. The third-order valence-corrected chi connectivity index (χ3v) is 5.18. The quantitative estimate of drug-likeness (QED) is 0.686. The van der Waals surface area contributed by atoms with Crippen molar-refractivity contribution in [3.63, 3.8) is 0 Å². The average Bonchev–Trinajstić information content (AvgIpc) is 2.51. The lowest BCUT2D eigenvalue weighted by molar-refractivity contribution is -0.0780. The van der Waals surface area contributed by atoms with Gasteiger partial charge in [-0.15, -0.1) is 22.9 Å². The molecule has 0 radical (unpaired) electrons. The van der Waals surface area contributed by atoms with Crippen LogP contribution in [0.2, 0.25) is 8.67 Å². The number of thiophene rings is 1. The van der Waals surface area contributed by atoms with Gasteiger partial charge in [-0.25, -0.2) is 0 Å². The van der Waals surface area contributed by atoms with Gasteiger partial charge in [-0.2, -0.15) is 0 Å². The number of methoxy groups -OCH3 is 1. The molecule has 1 fully saturated rings. The minimum atomic E-state index is -0.114. The van der Waals surface area contributed by atoms with E-state index in [9.17, 15) is 0 Å². The Balaban J connectivity index is 2.07. The lowest BCUT2D eigenvalue weighted by Crippen LogP contribution is -2.39. The number of ether oxygens (including phenoxy) is 1. The van der Waals surface area contributed by atoms with Crippen LogP contribution in [0.25, 0.3) is 0 Å². The van der Waals surface area contributed by atoms with Crippen molar-refractivity contribution in [3.05, 3.63) is 20.3 Å². The Kier molecular flexibility index (Phi) is 4.08. The standard InChI is InChI=1S/C11H13Cl3OS/c1-15-11(3-2-4-11)6-8(12)7-5-9(13)16-10(7)14/h5,8H,2-4,6H2,1H3. The van der Waals surface area contributed by atoms with Gasteiger partial charge in [0.25, 0.3) is 0 Å². The maximum Gasteiger partial charge on any atom is 0.0991 e. The van der Waals surface area contributed by atoms with Crippen LogP contribution in [0.4, 0.5) is 0 Å². The molecule has 16 heavy (non-hydrogen) atoms. The molecular formula is C11H13Cl3OS. The molecule has 0 saturated heterocycles. The van der Waals surface area contributed by atoms with Crippen LogP contribution in [0.3, 0.4) is 0 Å². The Morgan fingerprint density at radius 1 is 1.50 bits per heavy atom. The van der Waals surface area contributed by atoms with Crippen molar-refractivity contribution in [1.29, 1.82) is 0 Å². The van der Waals surface area contributed by atoms with Crippen LogP contribution in [-0.2, 0) is 4.74 Å². The van der Waals surface area contributed by atoms with E-state index < -0.39 is 0 Å². The summed E-state index contributed by atoms with van der Waals surface area (Å²) in [5.41, 5.74) is 0.895. The highest BCUT2D eigenvalue weighted by Crippen LogP contribution is 2.46. The van der Waals surface area contributed by atoms with Gasteiger partial charge < -0.3 is 4.74 Å². The van der Waals surface area contributed by atoms with Gasteiger partial charge >= 0.3 is 0 Å². The molecule has 1 aromatic rings. The van der Waals surface area contributed by atoms with E-state index in [1.165, 1.54) is 17.8 Å². The first-order valence-electron chi connectivity index (χ1n) is 5.20. The summed E-state index contributed by atoms with van der Waals surface area (Å²) in [4.78, 5) is 0. The van der Waals surface area contributed by atoms with E-state index in [-0.39, 0.29) is 11.0 Å². The molecule has 1 nitrogen and oxygen atoms in total. The van der Waals surface area contributed by atoms with Gasteiger partial charge in [0.05, 0.1) is 19.7 Å². The molecule has 90 valence electrons. The maximum atomic E-state index is 6.38. The molecule has 0 N–H and O–H groups in total. The first-order valence-corrected chi connectivity index (χ1v) is 7.21. The number of halogens is 3. The molecule has 0 amide bonds. The zero-order valence-corrected chi connectivity index (χ0v) is 12.0. The first kappa shape index (κ1) is 13.0. The van der Waals surface area contributed by atoms with E-state index in [2.05, 4.69) is 0 Å². The van der Waals surface area contributed by atoms with Crippen molar-refractivity contribution < 1.29 is 4.74 Å². The molecule has 2 rings (SSSR count). The smallest absolute Gasteiger partial charge is 0.0991 e. The van der Waals surface area contributed by atoms with Gasteiger partial charge in [-0.05, 0) is 31.7 Å². The van der Waals surface area contributed by atoms with Gasteiger partial charge in [0.2, 0.25) is 0 Å². The molecule has 0 bridgehead atoms. The molecule has 1 aromatic heterocycles. The van der Waals surface area contributed by atoms with Gasteiger partial charge in [-0.1, -0.05) is 23.2 Å². The SMILES string of the molecule is COC1(CC(Cl)c2cc(Cl)sc2Cl)CCC1. The average molecular weight is 300 g/mol. The third-order valence-electron chi connectivity index (χ3n) is 3.27. The number of rotatable bonds is 4. The lowest BCUT2D eigenvalue weighted by atomic mass is 9.76. The number of hydrogen-bond donors (Lipinski definition) is 0. The Hall–Kier alpha value is 0.530. The Labute approximate surface area is 115 Å². The van der Waals surface area contributed by atoms with Crippen LogP contribution in [-0.4, -0.2) is 12.7 Å². The second-order valence-electron chi connectivity index (χ2n) is 4.19. The summed E-state index contributed by atoms with van der Waals surface area (Å²) in [7, 11) is 1.75. The summed E-state index contributed by atoms with van der Waals surface area (Å²) in [6.07, 6.45) is 4.19. The number of alkyl halides is 1. The van der Waals surface area contributed by atoms with Crippen molar-refractivity contribution in [1.82, 2.24) is 0 Å². The molecule has 1 saturated carbocycles. The normalized spacial score (nSPS) is 20.5. The Morgan fingerprint density at radius 3 is 2.56 bits per heavy atom. The summed E-state index contributed by atoms with van der Waals surface area (Å²) in [5.74, 6) is 0. The number of hydrogen-bond acceptors (Lipinski definition) is 2. The highest BCUT2D eigenvalue weighted by atomic mass is 35.5. The van der Waals surface area contributed by atoms with Crippen molar-refractivity contribution >= 4 is 46.1 Å². The fourth-order valence-corrected chi connectivity index (χ4v) is 4.22. The van der Waals surface area contributed by atoms with Gasteiger partial charge in [-0.3, -0.25) is 0 Å². The van der Waals surface area contributed by atoms with Crippen LogP contribution in [0.1, 0.15) is 36.6 Å². The van der Waals surface area contributed by atoms with Gasteiger partial charge in [0.1, 0.15) is 0 Å². The second-order valence-corrected chi connectivity index (χ2v) is 7.00. The van der Waals surface area contributed by atoms with Crippen LogP contribution < -0.4 is 0 Å². The zero-order valence-electron chi connectivity index (χ0n) is 8.93. The largest absolute Gasteiger partial charge is 0.378 e. The summed E-state index contributed by atoms with van der Waals surface area (Å²) in [6.45, 7) is 0. The summed E-state index contributed by atoms with van der Waals surface area (Å²) >= 11 is 19.7. The fraction of sp³-hybridized carbons (Fsp3) is 0.636. The fourth-order valence-electron chi connectivity index (χ4n) is 2.07. The van der Waals surface area contributed by atoms with Gasteiger partial charge in [0.15, 0.2) is 0 Å². The van der Waals surface area contributed by atoms with Crippen molar-refractivity contribution in [2.75, 3.05) is 7.11 Å². The van der Waals surface area contributed by atoms with E-state index >= 15 is 0 Å².